The molecule has 2 aromatic carbocycles. The average molecular weight is 256 g/mol. The standard InChI is InChI=1S/C16H16OS/c1-12-16(18-12)14-7-9-15(10-8-14)17-11-13-5-3-2-4-6-13/h2-10,12,16H,11H2,1H3/t12-,16-/m0/s1. The molecule has 18 heavy (non-hydrogen) atoms. The first-order valence-corrected chi connectivity index (χ1v) is 7.19. The monoisotopic (exact) mass is 256 g/mol. The summed E-state index contributed by atoms with van der Waals surface area (Å²) in [5, 5.41) is 1.48. The van der Waals surface area contributed by atoms with E-state index in [9.17, 15) is 0 Å². The van der Waals surface area contributed by atoms with E-state index in [0.29, 0.717) is 11.9 Å². The fourth-order valence-electron chi connectivity index (χ4n) is 2.03. The molecule has 1 nitrogen and oxygen atoms in total. The molecule has 2 atom stereocenters. The summed E-state index contributed by atoms with van der Waals surface area (Å²) >= 11 is 2.02. The minimum atomic E-state index is 0.634. The van der Waals surface area contributed by atoms with Crippen LogP contribution in [0, 0.1) is 0 Å². The molecule has 0 N–H and O–H groups in total. The Balaban J connectivity index is 1.60. The van der Waals surface area contributed by atoms with E-state index in [1.807, 2.05) is 30.0 Å². The van der Waals surface area contributed by atoms with Gasteiger partial charge in [0.2, 0.25) is 0 Å². The minimum Gasteiger partial charge on any atom is -0.489 e. The van der Waals surface area contributed by atoms with Crippen LogP contribution in [0.2, 0.25) is 0 Å². The Morgan fingerprint density at radius 2 is 1.67 bits per heavy atom. The number of hydrogen-bond donors (Lipinski definition) is 0. The molecule has 0 unspecified atom stereocenters. The second kappa shape index (κ2) is 5.07. The van der Waals surface area contributed by atoms with Crippen molar-refractivity contribution in [1.29, 1.82) is 0 Å². The maximum atomic E-state index is 5.77. The van der Waals surface area contributed by atoms with Crippen molar-refractivity contribution < 1.29 is 4.74 Å². The minimum absolute atomic E-state index is 0.634. The zero-order chi connectivity index (χ0) is 12.4. The van der Waals surface area contributed by atoms with Gasteiger partial charge in [0, 0.05) is 10.5 Å². The Bertz CT molecular complexity index is 506. The summed E-state index contributed by atoms with van der Waals surface area (Å²) in [4.78, 5) is 0. The fraction of sp³-hybridized carbons (Fsp3) is 0.250. The van der Waals surface area contributed by atoms with E-state index in [0.717, 1.165) is 11.0 Å². The zero-order valence-electron chi connectivity index (χ0n) is 10.4. The van der Waals surface area contributed by atoms with Crippen LogP contribution in [0.4, 0.5) is 0 Å². The third kappa shape index (κ3) is 2.70. The van der Waals surface area contributed by atoms with E-state index in [1.54, 1.807) is 0 Å². The van der Waals surface area contributed by atoms with Gasteiger partial charge in [-0.15, -0.1) is 11.8 Å². The van der Waals surface area contributed by atoms with Gasteiger partial charge < -0.3 is 4.74 Å². The van der Waals surface area contributed by atoms with Crippen molar-refractivity contribution in [3.63, 3.8) is 0 Å². The smallest absolute Gasteiger partial charge is 0.119 e. The highest BCUT2D eigenvalue weighted by Crippen LogP contribution is 2.54. The van der Waals surface area contributed by atoms with Crippen molar-refractivity contribution >= 4 is 11.8 Å². The lowest BCUT2D eigenvalue weighted by Crippen LogP contribution is -1.95. The average Bonchev–Trinajstić information content (AvgIpc) is 3.15. The van der Waals surface area contributed by atoms with Crippen LogP contribution in [0.25, 0.3) is 0 Å². The number of ether oxygens (including phenoxy) is 1. The first kappa shape index (κ1) is 11.7. The van der Waals surface area contributed by atoms with E-state index in [2.05, 4.69) is 43.3 Å². The van der Waals surface area contributed by atoms with Gasteiger partial charge in [-0.25, -0.2) is 0 Å². The van der Waals surface area contributed by atoms with E-state index in [-0.39, 0.29) is 0 Å². The lowest BCUT2D eigenvalue weighted by Gasteiger charge is -2.06. The molecule has 3 rings (SSSR count). The largest absolute Gasteiger partial charge is 0.489 e. The van der Waals surface area contributed by atoms with Crippen molar-refractivity contribution in [2.75, 3.05) is 0 Å². The number of benzene rings is 2. The second-order valence-electron chi connectivity index (χ2n) is 4.61. The maximum Gasteiger partial charge on any atom is 0.119 e. The molecule has 92 valence electrons. The summed E-state index contributed by atoms with van der Waals surface area (Å²) in [5.74, 6) is 0.945. The summed E-state index contributed by atoms with van der Waals surface area (Å²) in [7, 11) is 0. The highest BCUT2D eigenvalue weighted by molar-refractivity contribution is 8.07. The fourth-order valence-corrected chi connectivity index (χ4v) is 2.87. The first-order chi connectivity index (χ1) is 8.83. The summed E-state index contributed by atoms with van der Waals surface area (Å²) in [5.41, 5.74) is 2.62. The summed E-state index contributed by atoms with van der Waals surface area (Å²) in [6, 6.07) is 18.8. The van der Waals surface area contributed by atoms with Crippen LogP contribution < -0.4 is 4.74 Å². The molecule has 0 aliphatic carbocycles. The quantitative estimate of drug-likeness (QED) is 0.748. The molecule has 0 spiro atoms. The number of rotatable bonds is 4. The van der Waals surface area contributed by atoms with Crippen LogP contribution in [0.1, 0.15) is 23.3 Å². The summed E-state index contributed by atoms with van der Waals surface area (Å²) in [6.45, 7) is 2.91. The van der Waals surface area contributed by atoms with Gasteiger partial charge in [0.15, 0.2) is 0 Å². The predicted molar refractivity (Wildman–Crippen MR) is 77.0 cm³/mol. The lowest BCUT2D eigenvalue weighted by molar-refractivity contribution is 0.306. The highest BCUT2D eigenvalue weighted by Gasteiger charge is 2.34. The molecular weight excluding hydrogens is 240 g/mol. The summed E-state index contributed by atoms with van der Waals surface area (Å²) < 4.78 is 5.77. The van der Waals surface area contributed by atoms with Crippen LogP contribution in [0.3, 0.4) is 0 Å². The van der Waals surface area contributed by atoms with Gasteiger partial charge in [-0.1, -0.05) is 49.4 Å². The van der Waals surface area contributed by atoms with Crippen molar-refractivity contribution in [3.8, 4) is 5.75 Å². The second-order valence-corrected chi connectivity index (χ2v) is 6.13. The molecule has 1 aliphatic rings. The Labute approximate surface area is 112 Å². The van der Waals surface area contributed by atoms with E-state index >= 15 is 0 Å². The van der Waals surface area contributed by atoms with Crippen LogP contribution in [-0.4, -0.2) is 5.25 Å². The zero-order valence-corrected chi connectivity index (χ0v) is 11.2. The number of hydrogen-bond acceptors (Lipinski definition) is 2. The van der Waals surface area contributed by atoms with Crippen LogP contribution >= 0.6 is 11.8 Å². The van der Waals surface area contributed by atoms with Gasteiger partial charge >= 0.3 is 0 Å². The normalized spacial score (nSPS) is 21.6. The third-order valence-corrected chi connectivity index (χ3v) is 4.53. The van der Waals surface area contributed by atoms with Gasteiger partial charge in [0.25, 0.3) is 0 Å². The molecule has 1 heterocycles. The van der Waals surface area contributed by atoms with Crippen molar-refractivity contribution in [2.24, 2.45) is 0 Å². The Hall–Kier alpha value is -1.41. The molecule has 1 aliphatic heterocycles. The molecule has 2 heteroatoms. The third-order valence-electron chi connectivity index (χ3n) is 3.17. The van der Waals surface area contributed by atoms with Crippen LogP contribution in [0.5, 0.6) is 5.75 Å². The lowest BCUT2D eigenvalue weighted by atomic mass is 10.1. The van der Waals surface area contributed by atoms with Crippen LogP contribution in [-0.2, 0) is 6.61 Å². The van der Waals surface area contributed by atoms with Gasteiger partial charge in [-0.05, 0) is 23.3 Å². The highest BCUT2D eigenvalue weighted by atomic mass is 32.2. The SMILES string of the molecule is C[C@@H]1S[C@@H]1c1ccc(OCc2ccccc2)cc1. The molecule has 0 bridgehead atoms. The van der Waals surface area contributed by atoms with Crippen molar-refractivity contribution in [3.05, 3.63) is 65.7 Å². The molecule has 2 aromatic rings. The van der Waals surface area contributed by atoms with E-state index in [1.165, 1.54) is 11.1 Å². The van der Waals surface area contributed by atoms with Gasteiger partial charge in [0.05, 0.1) is 0 Å². The van der Waals surface area contributed by atoms with Crippen molar-refractivity contribution in [2.45, 2.75) is 24.0 Å². The predicted octanol–water partition coefficient (Wildman–Crippen LogP) is 4.44. The molecule has 1 fully saturated rings. The first-order valence-electron chi connectivity index (χ1n) is 6.25. The molecule has 0 aromatic heterocycles. The molecule has 0 radical (unpaired) electrons. The van der Waals surface area contributed by atoms with E-state index < -0.39 is 0 Å². The number of thioether (sulfide) groups is 1. The molecule has 1 saturated heterocycles. The molecule has 0 amide bonds. The molecular formula is C16H16OS. The topological polar surface area (TPSA) is 9.23 Å². The summed E-state index contributed by atoms with van der Waals surface area (Å²) in [6.07, 6.45) is 0. The molecule has 0 saturated carbocycles. The maximum absolute atomic E-state index is 5.77. The van der Waals surface area contributed by atoms with Crippen LogP contribution in [0.15, 0.2) is 54.6 Å². The van der Waals surface area contributed by atoms with Gasteiger partial charge in [-0.2, -0.15) is 0 Å². The van der Waals surface area contributed by atoms with Gasteiger partial charge in [-0.3, -0.25) is 0 Å². The van der Waals surface area contributed by atoms with E-state index in [4.69, 9.17) is 4.74 Å². The Morgan fingerprint density at radius 3 is 2.28 bits per heavy atom. The van der Waals surface area contributed by atoms with Crippen molar-refractivity contribution in [1.82, 2.24) is 0 Å². The van der Waals surface area contributed by atoms with Gasteiger partial charge in [0.1, 0.15) is 12.4 Å². The Kier molecular flexibility index (Phi) is 3.28. The Morgan fingerprint density at radius 1 is 1.00 bits per heavy atom.